The van der Waals surface area contributed by atoms with Crippen LogP contribution >= 0.6 is 11.6 Å². The average Bonchev–Trinajstić information content (AvgIpc) is 2.86. The molecule has 1 aliphatic heterocycles. The van der Waals surface area contributed by atoms with Gasteiger partial charge in [-0.25, -0.2) is 4.79 Å². The quantitative estimate of drug-likeness (QED) is 0.225. The van der Waals surface area contributed by atoms with E-state index < -0.39 is 11.9 Å². The lowest BCUT2D eigenvalue weighted by Crippen LogP contribution is -2.21. The maximum absolute atomic E-state index is 12.5. The Labute approximate surface area is 209 Å². The van der Waals surface area contributed by atoms with Gasteiger partial charge in [0.05, 0.1) is 18.1 Å². The van der Waals surface area contributed by atoms with E-state index in [4.69, 9.17) is 31.5 Å². The molecular weight excluding hydrogens is 464 g/mol. The summed E-state index contributed by atoms with van der Waals surface area (Å²) in [4.78, 5) is 12.5. The number of carbonyl (C=O) groups is 1. The van der Waals surface area contributed by atoms with Crippen molar-refractivity contribution in [2.45, 2.75) is 32.1 Å². The Morgan fingerprint density at radius 1 is 1.09 bits per heavy atom. The molecule has 6 nitrogen and oxygen atoms in total. The lowest BCUT2D eigenvalue weighted by molar-refractivity contribution is 0.0734. The molecule has 0 aromatic heterocycles. The van der Waals surface area contributed by atoms with Crippen molar-refractivity contribution in [2.24, 2.45) is 5.73 Å². The number of esters is 1. The number of benzene rings is 3. The van der Waals surface area contributed by atoms with Crippen LogP contribution in [0.2, 0.25) is 5.02 Å². The fourth-order valence-electron chi connectivity index (χ4n) is 3.95. The van der Waals surface area contributed by atoms with Crippen molar-refractivity contribution in [1.29, 1.82) is 5.26 Å². The summed E-state index contributed by atoms with van der Waals surface area (Å²) < 4.78 is 17.2. The SMILES string of the molecule is CCCCCOc1cccc(C2C(C#N)=C(N)Oc3cc(OC(=O)c4cccc(Cl)c4)ccc32)c1. The highest BCUT2D eigenvalue weighted by atomic mass is 35.5. The van der Waals surface area contributed by atoms with E-state index in [1.165, 1.54) is 6.07 Å². The maximum Gasteiger partial charge on any atom is 0.343 e. The maximum atomic E-state index is 12.5. The molecular formula is C28H25ClN2O4. The molecule has 0 spiro atoms. The van der Waals surface area contributed by atoms with Gasteiger partial charge in [0, 0.05) is 16.7 Å². The first-order valence-electron chi connectivity index (χ1n) is 11.4. The molecule has 0 saturated carbocycles. The van der Waals surface area contributed by atoms with Crippen molar-refractivity contribution in [2.75, 3.05) is 6.61 Å². The van der Waals surface area contributed by atoms with Gasteiger partial charge in [-0.3, -0.25) is 0 Å². The van der Waals surface area contributed by atoms with Crippen LogP contribution in [0, 0.1) is 11.3 Å². The fraction of sp³-hybridized carbons (Fsp3) is 0.214. The molecule has 0 saturated heterocycles. The van der Waals surface area contributed by atoms with Crippen LogP contribution in [0.15, 0.2) is 78.2 Å². The normalized spacial score (nSPS) is 14.5. The van der Waals surface area contributed by atoms with E-state index in [2.05, 4.69) is 13.0 Å². The summed E-state index contributed by atoms with van der Waals surface area (Å²) in [5.41, 5.74) is 8.35. The van der Waals surface area contributed by atoms with Crippen LogP contribution in [0.25, 0.3) is 0 Å². The zero-order valence-electron chi connectivity index (χ0n) is 19.3. The van der Waals surface area contributed by atoms with Gasteiger partial charge in [0.2, 0.25) is 5.88 Å². The summed E-state index contributed by atoms with van der Waals surface area (Å²) in [6, 6.07) is 21.4. The van der Waals surface area contributed by atoms with Crippen LogP contribution in [-0.4, -0.2) is 12.6 Å². The van der Waals surface area contributed by atoms with Gasteiger partial charge in [-0.15, -0.1) is 0 Å². The molecule has 7 heteroatoms. The zero-order chi connectivity index (χ0) is 24.8. The number of nitrogens with two attached hydrogens (primary N) is 1. The highest BCUT2D eigenvalue weighted by molar-refractivity contribution is 6.30. The minimum absolute atomic E-state index is 0.0117. The Balaban J connectivity index is 1.62. The summed E-state index contributed by atoms with van der Waals surface area (Å²) in [5.74, 6) is 0.451. The predicted octanol–water partition coefficient (Wildman–Crippen LogP) is 6.35. The van der Waals surface area contributed by atoms with Crippen molar-refractivity contribution in [3.05, 3.63) is 99.9 Å². The van der Waals surface area contributed by atoms with Gasteiger partial charge >= 0.3 is 5.97 Å². The Bertz CT molecular complexity index is 1310. The molecule has 1 heterocycles. The van der Waals surface area contributed by atoms with Gasteiger partial charge < -0.3 is 19.9 Å². The third-order valence-corrected chi connectivity index (χ3v) is 5.90. The second-order valence-corrected chi connectivity index (χ2v) is 8.59. The van der Waals surface area contributed by atoms with Crippen molar-refractivity contribution in [1.82, 2.24) is 0 Å². The van der Waals surface area contributed by atoms with Crippen molar-refractivity contribution >= 4 is 17.6 Å². The molecule has 3 aromatic carbocycles. The van der Waals surface area contributed by atoms with Gasteiger partial charge in [-0.05, 0) is 48.4 Å². The van der Waals surface area contributed by atoms with Gasteiger partial charge in [0.25, 0.3) is 0 Å². The largest absolute Gasteiger partial charge is 0.494 e. The van der Waals surface area contributed by atoms with E-state index in [1.54, 1.807) is 36.4 Å². The van der Waals surface area contributed by atoms with E-state index in [1.807, 2.05) is 24.3 Å². The second kappa shape index (κ2) is 11.0. The first kappa shape index (κ1) is 24.2. The average molecular weight is 489 g/mol. The van der Waals surface area contributed by atoms with Crippen molar-refractivity contribution < 1.29 is 19.0 Å². The van der Waals surface area contributed by atoms with Crippen molar-refractivity contribution in [3.63, 3.8) is 0 Å². The van der Waals surface area contributed by atoms with E-state index in [9.17, 15) is 10.1 Å². The standard InChI is InChI=1S/C28H25ClN2O4/c1-2-3-4-13-33-21-10-6-7-18(15-21)26-23-12-11-22(16-25(23)35-27(31)24(26)17-30)34-28(32)19-8-5-9-20(29)14-19/h5-12,14-16,26H,2-4,13,31H2,1H3. The molecule has 3 aromatic rings. The van der Waals surface area contributed by atoms with Gasteiger partial charge in [-0.2, -0.15) is 5.26 Å². The number of unbranched alkanes of at least 4 members (excludes halogenated alkanes) is 2. The Morgan fingerprint density at radius 3 is 2.69 bits per heavy atom. The summed E-state index contributed by atoms with van der Waals surface area (Å²) in [7, 11) is 0. The number of hydrogen-bond acceptors (Lipinski definition) is 6. The first-order chi connectivity index (χ1) is 17.0. The number of allylic oxidation sites excluding steroid dienone is 1. The highest BCUT2D eigenvalue weighted by Crippen LogP contribution is 2.44. The minimum atomic E-state index is -0.547. The third-order valence-electron chi connectivity index (χ3n) is 5.67. The number of hydrogen-bond donors (Lipinski definition) is 1. The van der Waals surface area contributed by atoms with E-state index in [-0.39, 0.29) is 11.6 Å². The smallest absolute Gasteiger partial charge is 0.343 e. The summed E-state index contributed by atoms with van der Waals surface area (Å²) >= 11 is 5.98. The van der Waals surface area contributed by atoms with E-state index >= 15 is 0 Å². The molecule has 35 heavy (non-hydrogen) atoms. The predicted molar refractivity (Wildman–Crippen MR) is 134 cm³/mol. The molecule has 0 radical (unpaired) electrons. The molecule has 0 fully saturated rings. The minimum Gasteiger partial charge on any atom is -0.494 e. The fourth-order valence-corrected chi connectivity index (χ4v) is 4.14. The zero-order valence-corrected chi connectivity index (χ0v) is 20.0. The van der Waals surface area contributed by atoms with Crippen LogP contribution in [0.4, 0.5) is 0 Å². The molecule has 0 bridgehead atoms. The number of halogens is 1. The molecule has 0 aliphatic carbocycles. The summed E-state index contributed by atoms with van der Waals surface area (Å²) in [6.45, 7) is 2.78. The third kappa shape index (κ3) is 5.59. The summed E-state index contributed by atoms with van der Waals surface area (Å²) in [6.07, 6.45) is 3.21. The lowest BCUT2D eigenvalue weighted by Gasteiger charge is -2.27. The molecule has 178 valence electrons. The Hall–Kier alpha value is -3.95. The molecule has 1 aliphatic rings. The number of fused-ring (bicyclic) bond motifs is 1. The second-order valence-electron chi connectivity index (χ2n) is 8.15. The van der Waals surface area contributed by atoms with Gasteiger partial charge in [-0.1, -0.05) is 55.6 Å². The highest BCUT2D eigenvalue weighted by Gasteiger charge is 2.31. The van der Waals surface area contributed by atoms with Crippen LogP contribution < -0.4 is 19.9 Å². The number of ether oxygens (including phenoxy) is 3. The molecule has 1 unspecified atom stereocenters. The molecule has 2 N–H and O–H groups in total. The summed E-state index contributed by atoms with van der Waals surface area (Å²) in [5, 5.41) is 10.3. The monoisotopic (exact) mass is 488 g/mol. The van der Waals surface area contributed by atoms with E-state index in [0.717, 1.165) is 36.1 Å². The lowest BCUT2D eigenvalue weighted by atomic mass is 9.83. The van der Waals surface area contributed by atoms with Crippen LogP contribution in [-0.2, 0) is 0 Å². The van der Waals surface area contributed by atoms with Gasteiger partial charge in [0.1, 0.15) is 28.9 Å². The van der Waals surface area contributed by atoms with Crippen LogP contribution in [0.3, 0.4) is 0 Å². The Morgan fingerprint density at radius 2 is 1.91 bits per heavy atom. The van der Waals surface area contributed by atoms with Crippen LogP contribution in [0.5, 0.6) is 17.2 Å². The number of nitriles is 1. The number of nitrogens with zero attached hydrogens (tertiary/aromatic N) is 1. The van der Waals surface area contributed by atoms with E-state index in [0.29, 0.717) is 28.5 Å². The number of carbonyl (C=O) groups excluding carboxylic acids is 1. The first-order valence-corrected chi connectivity index (χ1v) is 11.8. The van der Waals surface area contributed by atoms with Crippen LogP contribution in [0.1, 0.15) is 53.6 Å². The number of rotatable bonds is 8. The topological polar surface area (TPSA) is 94.6 Å². The van der Waals surface area contributed by atoms with Gasteiger partial charge in [0.15, 0.2) is 0 Å². The molecule has 4 rings (SSSR count). The molecule has 0 amide bonds. The Kier molecular flexibility index (Phi) is 7.59. The molecule has 1 atom stereocenters. The van der Waals surface area contributed by atoms with Crippen molar-refractivity contribution in [3.8, 4) is 23.3 Å².